The Morgan fingerprint density at radius 1 is 1.04 bits per heavy atom. The van der Waals surface area contributed by atoms with E-state index in [1.54, 1.807) is 0 Å². The number of nitrogens with zero attached hydrogens (tertiary/aromatic N) is 2. The second-order valence-corrected chi connectivity index (χ2v) is 7.46. The monoisotopic (exact) mass is 420 g/mol. The normalized spacial score (nSPS) is 16.1. The van der Waals surface area contributed by atoms with Gasteiger partial charge in [-0.3, -0.25) is 0 Å². The van der Waals surface area contributed by atoms with Crippen LogP contribution in [-0.2, 0) is 4.84 Å². The molecule has 28 heavy (non-hydrogen) atoms. The Bertz CT molecular complexity index is 800. The molecule has 1 aliphatic heterocycles. The topological polar surface area (TPSA) is 35.9 Å². The van der Waals surface area contributed by atoms with Crippen LogP contribution in [0.2, 0.25) is 10.0 Å². The molecule has 1 heterocycles. The van der Waals surface area contributed by atoms with Crippen molar-refractivity contribution in [2.75, 3.05) is 29.7 Å². The summed E-state index contributed by atoms with van der Waals surface area (Å²) in [6, 6.07) is 13.6. The minimum atomic E-state index is -0.228. The molecule has 1 N–H and O–H groups in total. The lowest BCUT2D eigenvalue weighted by atomic mass is 10.0. The summed E-state index contributed by atoms with van der Waals surface area (Å²) >= 11 is 13.0. The Labute approximate surface area is 176 Å². The Kier molecular flexibility index (Phi) is 7.11. The van der Waals surface area contributed by atoms with Gasteiger partial charge >= 0.3 is 0 Å². The minimum Gasteiger partial charge on any atom is -0.396 e. The molecule has 0 amide bonds. The van der Waals surface area contributed by atoms with Crippen LogP contribution >= 0.6 is 23.2 Å². The van der Waals surface area contributed by atoms with Crippen molar-refractivity contribution in [1.29, 1.82) is 0 Å². The lowest BCUT2D eigenvalue weighted by Crippen LogP contribution is -2.24. The second kappa shape index (κ2) is 9.55. The quantitative estimate of drug-likeness (QED) is 0.568. The zero-order valence-electron chi connectivity index (χ0n) is 16.2. The van der Waals surface area contributed by atoms with Gasteiger partial charge in [-0.05, 0) is 62.7 Å². The van der Waals surface area contributed by atoms with Gasteiger partial charge in [0, 0.05) is 47.4 Å². The highest BCUT2D eigenvalue weighted by atomic mass is 35.5. The van der Waals surface area contributed by atoms with Crippen molar-refractivity contribution < 1.29 is 9.94 Å². The number of aliphatic hydroxyl groups excluding tert-OH is 1. The predicted molar refractivity (Wildman–Crippen MR) is 117 cm³/mol. The first-order valence-corrected chi connectivity index (χ1v) is 10.4. The Hall–Kier alpha value is -1.88. The third kappa shape index (κ3) is 4.40. The molecule has 2 aromatic carbocycles. The molecule has 0 radical (unpaired) electrons. The van der Waals surface area contributed by atoms with Crippen molar-refractivity contribution in [2.45, 2.75) is 32.7 Å². The van der Waals surface area contributed by atoms with E-state index in [4.69, 9.17) is 33.1 Å². The summed E-state index contributed by atoms with van der Waals surface area (Å²) in [6.45, 7) is 6.33. The molecule has 6 heteroatoms. The van der Waals surface area contributed by atoms with E-state index in [1.165, 1.54) is 5.69 Å². The van der Waals surface area contributed by atoms with Crippen LogP contribution in [0.4, 0.5) is 11.4 Å². The molecule has 0 saturated carbocycles. The van der Waals surface area contributed by atoms with Gasteiger partial charge in [-0.15, -0.1) is 0 Å². The van der Waals surface area contributed by atoms with Crippen molar-refractivity contribution >= 4 is 34.6 Å². The number of aliphatic hydroxyl groups is 1. The van der Waals surface area contributed by atoms with Gasteiger partial charge in [0.05, 0.1) is 5.69 Å². The molecule has 0 fully saturated rings. The van der Waals surface area contributed by atoms with E-state index < -0.39 is 0 Å². The predicted octanol–water partition coefficient (Wildman–Crippen LogP) is 5.99. The highest BCUT2D eigenvalue weighted by Gasteiger charge is 2.31. The first kappa shape index (κ1) is 20.8. The number of rotatable bonds is 8. The fourth-order valence-corrected chi connectivity index (χ4v) is 4.07. The molecule has 4 nitrogen and oxygen atoms in total. The van der Waals surface area contributed by atoms with Crippen molar-refractivity contribution in [1.82, 2.24) is 0 Å². The summed E-state index contributed by atoms with van der Waals surface area (Å²) in [4.78, 5) is 8.43. The number of anilines is 2. The third-order valence-corrected chi connectivity index (χ3v) is 5.58. The third-order valence-electron chi connectivity index (χ3n) is 4.92. The minimum absolute atomic E-state index is 0.122. The molecule has 150 valence electrons. The smallest absolute Gasteiger partial charge is 0.131 e. The second-order valence-electron chi connectivity index (χ2n) is 6.65. The van der Waals surface area contributed by atoms with Gasteiger partial charge < -0.3 is 14.8 Å². The Balaban J connectivity index is 1.94. The standard InChI is InChI=1S/C22H26Cl2N2O2/c1-3-25(4-2)16-10-12-17(13-11-16)26-21(15-18(28-26)7-6-14-27)22-19(23)8-5-9-20(22)24/h5,8-13,15,21,27H,3-4,6-7,14H2,1-2H3. The summed E-state index contributed by atoms with van der Waals surface area (Å²) in [6.07, 6.45) is 3.33. The summed E-state index contributed by atoms with van der Waals surface area (Å²) in [7, 11) is 0. The summed E-state index contributed by atoms with van der Waals surface area (Å²) in [5, 5.41) is 12.2. The maximum Gasteiger partial charge on any atom is 0.131 e. The van der Waals surface area contributed by atoms with Crippen molar-refractivity contribution in [2.24, 2.45) is 0 Å². The fourth-order valence-electron chi connectivity index (χ4n) is 3.45. The van der Waals surface area contributed by atoms with E-state index in [1.807, 2.05) is 41.5 Å². The molecule has 1 aliphatic rings. The summed E-state index contributed by atoms with van der Waals surface area (Å²) in [5.74, 6) is 0.808. The van der Waals surface area contributed by atoms with Crippen molar-refractivity contribution in [3.8, 4) is 0 Å². The first-order valence-electron chi connectivity index (χ1n) is 9.66. The zero-order chi connectivity index (χ0) is 20.1. The van der Waals surface area contributed by atoms with E-state index >= 15 is 0 Å². The zero-order valence-corrected chi connectivity index (χ0v) is 17.7. The van der Waals surface area contributed by atoms with Crippen LogP contribution in [0.15, 0.2) is 54.3 Å². The maximum atomic E-state index is 9.17. The number of hydrogen-bond donors (Lipinski definition) is 1. The maximum absolute atomic E-state index is 9.17. The van der Waals surface area contributed by atoms with Gasteiger partial charge in [0.15, 0.2) is 0 Å². The largest absolute Gasteiger partial charge is 0.396 e. The molecular weight excluding hydrogens is 395 g/mol. The number of hydroxylamine groups is 1. The Morgan fingerprint density at radius 3 is 2.25 bits per heavy atom. The van der Waals surface area contributed by atoms with Crippen LogP contribution in [0.25, 0.3) is 0 Å². The van der Waals surface area contributed by atoms with Gasteiger partial charge in [-0.1, -0.05) is 29.3 Å². The molecule has 1 atom stereocenters. The van der Waals surface area contributed by atoms with Crippen LogP contribution in [0.5, 0.6) is 0 Å². The number of allylic oxidation sites excluding steroid dienone is 1. The van der Waals surface area contributed by atoms with E-state index in [0.717, 1.165) is 30.1 Å². The van der Waals surface area contributed by atoms with Gasteiger partial charge in [0.2, 0.25) is 0 Å². The number of benzene rings is 2. The van der Waals surface area contributed by atoms with E-state index in [-0.39, 0.29) is 12.6 Å². The lowest BCUT2D eigenvalue weighted by molar-refractivity contribution is 0.179. The van der Waals surface area contributed by atoms with Gasteiger partial charge in [-0.2, -0.15) is 5.06 Å². The van der Waals surface area contributed by atoms with Gasteiger partial charge in [0.25, 0.3) is 0 Å². The SMILES string of the molecule is CCN(CC)c1ccc(N2OC(CCCO)=CC2c2c(Cl)cccc2Cl)cc1. The van der Waals surface area contributed by atoms with Crippen LogP contribution < -0.4 is 9.96 Å². The van der Waals surface area contributed by atoms with Crippen molar-refractivity contribution in [3.63, 3.8) is 0 Å². The van der Waals surface area contributed by atoms with Crippen LogP contribution in [0.3, 0.4) is 0 Å². The molecule has 3 rings (SSSR count). The van der Waals surface area contributed by atoms with E-state index in [2.05, 4.69) is 30.9 Å². The van der Waals surface area contributed by atoms with Gasteiger partial charge in [-0.25, -0.2) is 0 Å². The van der Waals surface area contributed by atoms with Crippen LogP contribution in [0, 0.1) is 0 Å². The molecule has 0 aliphatic carbocycles. The summed E-state index contributed by atoms with van der Waals surface area (Å²) < 4.78 is 0. The molecule has 0 bridgehead atoms. The summed E-state index contributed by atoms with van der Waals surface area (Å²) in [5.41, 5.74) is 2.92. The number of halogens is 2. The lowest BCUT2D eigenvalue weighted by Gasteiger charge is -2.28. The fraction of sp³-hybridized carbons (Fsp3) is 0.364. The van der Waals surface area contributed by atoms with E-state index in [0.29, 0.717) is 22.9 Å². The molecule has 2 aromatic rings. The highest BCUT2D eigenvalue weighted by molar-refractivity contribution is 6.36. The molecule has 0 aromatic heterocycles. The molecule has 0 saturated heterocycles. The Morgan fingerprint density at radius 2 is 1.68 bits per heavy atom. The molecule has 0 spiro atoms. The highest BCUT2D eigenvalue weighted by Crippen LogP contribution is 2.42. The number of hydrogen-bond acceptors (Lipinski definition) is 4. The van der Waals surface area contributed by atoms with Crippen molar-refractivity contribution in [3.05, 3.63) is 69.9 Å². The van der Waals surface area contributed by atoms with Gasteiger partial charge in [0.1, 0.15) is 11.8 Å². The average molecular weight is 421 g/mol. The first-order chi connectivity index (χ1) is 13.6. The molecule has 1 unspecified atom stereocenters. The molecular formula is C22H26Cl2N2O2. The van der Waals surface area contributed by atoms with Crippen LogP contribution in [0.1, 0.15) is 38.3 Å². The van der Waals surface area contributed by atoms with E-state index in [9.17, 15) is 0 Å². The average Bonchev–Trinajstić information content (AvgIpc) is 3.11. The van der Waals surface area contributed by atoms with Crippen LogP contribution in [-0.4, -0.2) is 24.8 Å².